The van der Waals surface area contributed by atoms with Crippen LogP contribution in [0.2, 0.25) is 0 Å². The summed E-state index contributed by atoms with van der Waals surface area (Å²) in [6, 6.07) is 0. The smallest absolute Gasteiger partial charge is 0.0267 e. The van der Waals surface area contributed by atoms with Crippen LogP contribution in [0.25, 0.3) is 0 Å². The average Bonchev–Trinajstić information content (AvgIpc) is 2.35. The molecule has 0 heteroatoms. The number of hydrogen-bond acceptors (Lipinski definition) is 0. The lowest BCUT2D eigenvalue weighted by Gasteiger charge is -2.01. The van der Waals surface area contributed by atoms with Crippen LogP contribution in [-0.4, -0.2) is 0 Å². The van der Waals surface area contributed by atoms with Gasteiger partial charge in [-0.3, -0.25) is 0 Å². The summed E-state index contributed by atoms with van der Waals surface area (Å²) in [5.74, 6) is 2.62. The summed E-state index contributed by atoms with van der Waals surface area (Å²) in [5, 5.41) is 0. The summed E-state index contributed by atoms with van der Waals surface area (Å²) < 4.78 is 0. The van der Waals surface area contributed by atoms with E-state index in [1.807, 2.05) is 0 Å². The number of terminal acetylenes is 1. The molecule has 0 aliphatic heterocycles. The monoisotopic (exact) mass is 234 g/mol. The Hall–Kier alpha value is -0.700. The van der Waals surface area contributed by atoms with Crippen LogP contribution in [-0.2, 0) is 0 Å². The molecule has 0 saturated heterocycles. The van der Waals surface area contributed by atoms with E-state index in [0.29, 0.717) is 0 Å². The Labute approximate surface area is 109 Å². The van der Waals surface area contributed by atoms with Crippen molar-refractivity contribution < 1.29 is 0 Å². The molecule has 0 radical (unpaired) electrons. The maximum absolute atomic E-state index is 5.17. The van der Waals surface area contributed by atoms with Crippen molar-refractivity contribution in [2.24, 2.45) is 0 Å². The predicted octanol–water partition coefficient (Wildman–Crippen LogP) is 5.88. The Morgan fingerprint density at radius 2 is 1.29 bits per heavy atom. The van der Waals surface area contributed by atoms with Crippen LogP contribution >= 0.6 is 0 Å². The minimum Gasteiger partial charge on any atom is -0.120 e. The second kappa shape index (κ2) is 15.3. The topological polar surface area (TPSA) is 0 Å². The van der Waals surface area contributed by atoms with Crippen molar-refractivity contribution in [3.05, 3.63) is 12.2 Å². The molecule has 0 atom stereocenters. The molecule has 0 unspecified atom stereocenters. The number of unbranched alkanes of at least 4 members (excludes halogenated alkanes) is 10. The van der Waals surface area contributed by atoms with E-state index in [0.717, 1.165) is 6.42 Å². The van der Waals surface area contributed by atoms with Crippen molar-refractivity contribution in [3.8, 4) is 12.3 Å². The Bertz CT molecular complexity index is 195. The zero-order valence-corrected chi connectivity index (χ0v) is 11.7. The van der Waals surface area contributed by atoms with Gasteiger partial charge < -0.3 is 0 Å². The fourth-order valence-corrected chi connectivity index (χ4v) is 2.02. The molecule has 0 aromatic heterocycles. The number of rotatable bonds is 12. The fourth-order valence-electron chi connectivity index (χ4n) is 2.02. The Morgan fingerprint density at radius 3 is 1.82 bits per heavy atom. The summed E-state index contributed by atoms with van der Waals surface area (Å²) in [6.45, 7) is 2.28. The van der Waals surface area contributed by atoms with E-state index < -0.39 is 0 Å². The van der Waals surface area contributed by atoms with Crippen LogP contribution in [0.3, 0.4) is 0 Å². The van der Waals surface area contributed by atoms with Crippen molar-refractivity contribution in [3.63, 3.8) is 0 Å². The molecule has 0 N–H and O–H groups in total. The highest BCUT2D eigenvalue weighted by atomic mass is 14.0. The van der Waals surface area contributed by atoms with E-state index in [2.05, 4.69) is 25.0 Å². The van der Waals surface area contributed by atoms with E-state index in [1.165, 1.54) is 70.6 Å². The first-order chi connectivity index (χ1) is 8.41. The normalized spacial score (nSPS) is 10.8. The van der Waals surface area contributed by atoms with Gasteiger partial charge in [0.05, 0.1) is 0 Å². The molecule has 0 bridgehead atoms. The van der Waals surface area contributed by atoms with Gasteiger partial charge in [0.1, 0.15) is 0 Å². The van der Waals surface area contributed by atoms with Gasteiger partial charge in [-0.05, 0) is 12.8 Å². The Morgan fingerprint density at radius 1 is 0.765 bits per heavy atom. The summed E-state index contributed by atoms with van der Waals surface area (Å²) >= 11 is 0. The van der Waals surface area contributed by atoms with Crippen molar-refractivity contribution in [2.75, 3.05) is 0 Å². The van der Waals surface area contributed by atoms with Gasteiger partial charge in [-0.2, -0.15) is 0 Å². The van der Waals surface area contributed by atoms with E-state index >= 15 is 0 Å². The van der Waals surface area contributed by atoms with Crippen LogP contribution in [0.1, 0.15) is 84.0 Å². The first kappa shape index (κ1) is 16.3. The van der Waals surface area contributed by atoms with E-state index in [1.54, 1.807) is 0 Å². The van der Waals surface area contributed by atoms with Gasteiger partial charge in [0.25, 0.3) is 0 Å². The minimum absolute atomic E-state index is 0.789. The molecule has 0 saturated carbocycles. The quantitative estimate of drug-likeness (QED) is 0.225. The third kappa shape index (κ3) is 15.3. The molecule has 0 amide bonds. The van der Waals surface area contributed by atoms with Gasteiger partial charge in [0.15, 0.2) is 0 Å². The predicted molar refractivity (Wildman–Crippen MR) is 79.1 cm³/mol. The lowest BCUT2D eigenvalue weighted by Crippen LogP contribution is -1.81. The van der Waals surface area contributed by atoms with Crippen LogP contribution in [0.4, 0.5) is 0 Å². The van der Waals surface area contributed by atoms with Gasteiger partial charge in [-0.25, -0.2) is 0 Å². The molecule has 0 heterocycles. The standard InChI is InChI=1S/C17H30/c1-3-5-7-9-11-13-15-17-16-14-12-10-8-6-4-2/h1,7,9H,4-6,8,10-17H2,2H3. The lowest BCUT2D eigenvalue weighted by atomic mass is 10.1. The molecular weight excluding hydrogens is 204 g/mol. The van der Waals surface area contributed by atoms with Crippen molar-refractivity contribution in [1.82, 2.24) is 0 Å². The molecular formula is C17H30. The molecule has 0 aliphatic rings. The third-order valence-electron chi connectivity index (χ3n) is 3.13. The molecule has 0 spiro atoms. The first-order valence-corrected chi connectivity index (χ1v) is 7.50. The van der Waals surface area contributed by atoms with Crippen LogP contribution < -0.4 is 0 Å². The summed E-state index contributed by atoms with van der Waals surface area (Å²) in [6.07, 6.45) is 25.6. The fraction of sp³-hybridized carbons (Fsp3) is 0.765. The molecule has 0 nitrogen and oxygen atoms in total. The van der Waals surface area contributed by atoms with Crippen LogP contribution in [0.15, 0.2) is 12.2 Å². The highest BCUT2D eigenvalue weighted by Gasteiger charge is 1.91. The zero-order chi connectivity index (χ0) is 12.6. The van der Waals surface area contributed by atoms with E-state index in [-0.39, 0.29) is 0 Å². The Balaban J connectivity index is 2.96. The highest BCUT2D eigenvalue weighted by Crippen LogP contribution is 2.11. The molecule has 0 aliphatic carbocycles. The summed E-state index contributed by atoms with van der Waals surface area (Å²) in [5.41, 5.74) is 0. The molecule has 0 rings (SSSR count). The van der Waals surface area contributed by atoms with Gasteiger partial charge >= 0.3 is 0 Å². The third-order valence-corrected chi connectivity index (χ3v) is 3.13. The second-order valence-corrected chi connectivity index (χ2v) is 4.85. The molecule has 0 aromatic rings. The maximum Gasteiger partial charge on any atom is 0.0267 e. The largest absolute Gasteiger partial charge is 0.120 e. The molecule has 0 aromatic carbocycles. The van der Waals surface area contributed by atoms with Crippen LogP contribution in [0.5, 0.6) is 0 Å². The summed E-state index contributed by atoms with van der Waals surface area (Å²) in [7, 11) is 0. The number of allylic oxidation sites excluding steroid dienone is 2. The van der Waals surface area contributed by atoms with Gasteiger partial charge in [0.2, 0.25) is 0 Å². The SMILES string of the molecule is C#CCC=CCCCCCCCCCCCC. The minimum atomic E-state index is 0.789. The van der Waals surface area contributed by atoms with Crippen molar-refractivity contribution in [2.45, 2.75) is 84.0 Å². The first-order valence-electron chi connectivity index (χ1n) is 7.50. The second-order valence-electron chi connectivity index (χ2n) is 4.85. The van der Waals surface area contributed by atoms with E-state index in [9.17, 15) is 0 Å². The average molecular weight is 234 g/mol. The molecule has 17 heavy (non-hydrogen) atoms. The number of hydrogen-bond donors (Lipinski definition) is 0. The van der Waals surface area contributed by atoms with Gasteiger partial charge in [-0.1, -0.05) is 76.9 Å². The van der Waals surface area contributed by atoms with Crippen molar-refractivity contribution in [1.29, 1.82) is 0 Å². The van der Waals surface area contributed by atoms with E-state index in [4.69, 9.17) is 6.42 Å². The lowest BCUT2D eigenvalue weighted by molar-refractivity contribution is 0.557. The maximum atomic E-state index is 5.17. The summed E-state index contributed by atoms with van der Waals surface area (Å²) in [4.78, 5) is 0. The highest BCUT2D eigenvalue weighted by molar-refractivity contribution is 4.96. The van der Waals surface area contributed by atoms with Crippen LogP contribution in [0, 0.1) is 12.3 Å². The van der Waals surface area contributed by atoms with Crippen molar-refractivity contribution >= 4 is 0 Å². The molecule has 0 fully saturated rings. The zero-order valence-electron chi connectivity index (χ0n) is 11.7. The Kier molecular flexibility index (Phi) is 14.7. The van der Waals surface area contributed by atoms with Gasteiger partial charge in [-0.15, -0.1) is 12.3 Å². The molecule has 98 valence electrons. The van der Waals surface area contributed by atoms with Gasteiger partial charge in [0, 0.05) is 6.42 Å².